The van der Waals surface area contributed by atoms with Crippen LogP contribution in [0.15, 0.2) is 29.2 Å². The van der Waals surface area contributed by atoms with Gasteiger partial charge in [-0.3, -0.25) is 4.90 Å². The van der Waals surface area contributed by atoms with E-state index in [4.69, 9.17) is 4.74 Å². The van der Waals surface area contributed by atoms with Gasteiger partial charge in [0, 0.05) is 30.9 Å². The number of ether oxygens (including phenoxy) is 1. The standard InChI is InChI=1S/C23H30F3N3O3S2/c1-23(25,26)15-32-22-27-20-14-29(12-10-21(20)33-22)11-9-16-5-7-18(8-6-16)28-34(30,31)19-4-2-3-17(24)13-19/h2-4,13,16,18,28H,5-12,14-15H2,1H3. The summed E-state index contributed by atoms with van der Waals surface area (Å²) >= 11 is 1.36. The molecule has 1 aliphatic carbocycles. The first-order valence-corrected chi connectivity index (χ1v) is 13.9. The molecule has 4 rings (SSSR count). The first kappa shape index (κ1) is 25.4. The highest BCUT2D eigenvalue weighted by Crippen LogP contribution is 2.32. The number of halogens is 3. The molecule has 1 aliphatic heterocycles. The van der Waals surface area contributed by atoms with Crippen LogP contribution in [0.25, 0.3) is 0 Å². The molecule has 0 saturated heterocycles. The minimum absolute atomic E-state index is 0.0434. The van der Waals surface area contributed by atoms with Crippen LogP contribution in [-0.4, -0.2) is 50.0 Å². The SMILES string of the molecule is CC(F)(F)COc1nc2c(s1)CCN(CCC1CCC(NS(=O)(=O)c3cccc(F)c3)CC1)C2. The zero-order valence-electron chi connectivity index (χ0n) is 19.1. The fourth-order valence-electron chi connectivity index (χ4n) is 4.53. The largest absolute Gasteiger partial charge is 0.464 e. The zero-order chi connectivity index (χ0) is 24.3. The predicted octanol–water partition coefficient (Wildman–Crippen LogP) is 4.60. The molecule has 11 heteroatoms. The molecular weight excluding hydrogens is 487 g/mol. The highest BCUT2D eigenvalue weighted by Gasteiger charge is 2.28. The third-order valence-electron chi connectivity index (χ3n) is 6.36. The molecule has 0 bridgehead atoms. The second kappa shape index (κ2) is 10.5. The Balaban J connectivity index is 1.20. The van der Waals surface area contributed by atoms with Gasteiger partial charge in [0.2, 0.25) is 10.0 Å². The molecule has 1 aromatic carbocycles. The van der Waals surface area contributed by atoms with Gasteiger partial charge >= 0.3 is 0 Å². The van der Waals surface area contributed by atoms with Crippen LogP contribution in [0.5, 0.6) is 5.19 Å². The number of nitrogens with one attached hydrogen (secondary N) is 1. The summed E-state index contributed by atoms with van der Waals surface area (Å²) < 4.78 is 72.4. The number of fused-ring (bicyclic) bond motifs is 1. The molecule has 0 amide bonds. The van der Waals surface area contributed by atoms with E-state index in [1.165, 1.54) is 29.5 Å². The normalized spacial score (nSPS) is 21.9. The van der Waals surface area contributed by atoms with Gasteiger partial charge in [-0.25, -0.2) is 31.3 Å². The van der Waals surface area contributed by atoms with Crippen LogP contribution in [0.4, 0.5) is 13.2 Å². The summed E-state index contributed by atoms with van der Waals surface area (Å²) in [5.41, 5.74) is 0.918. The zero-order valence-corrected chi connectivity index (χ0v) is 20.7. The number of sulfonamides is 1. The van der Waals surface area contributed by atoms with Crippen LogP contribution in [0.3, 0.4) is 0 Å². The van der Waals surface area contributed by atoms with Gasteiger partial charge in [-0.15, -0.1) is 0 Å². The van der Waals surface area contributed by atoms with Crippen molar-refractivity contribution in [3.8, 4) is 5.19 Å². The number of aromatic nitrogens is 1. The molecular formula is C23H30F3N3O3S2. The van der Waals surface area contributed by atoms with Gasteiger partial charge < -0.3 is 4.74 Å². The van der Waals surface area contributed by atoms with Crippen LogP contribution < -0.4 is 9.46 Å². The molecule has 1 N–H and O–H groups in total. The summed E-state index contributed by atoms with van der Waals surface area (Å²) in [6.45, 7) is 2.69. The maximum absolute atomic E-state index is 13.4. The maximum atomic E-state index is 13.4. The summed E-state index contributed by atoms with van der Waals surface area (Å²) in [6, 6.07) is 4.92. The summed E-state index contributed by atoms with van der Waals surface area (Å²) in [4.78, 5) is 7.80. The van der Waals surface area contributed by atoms with E-state index in [2.05, 4.69) is 14.6 Å². The van der Waals surface area contributed by atoms with E-state index in [1.54, 1.807) is 0 Å². The van der Waals surface area contributed by atoms with Crippen molar-refractivity contribution in [3.63, 3.8) is 0 Å². The van der Waals surface area contributed by atoms with Crippen LogP contribution in [0, 0.1) is 11.7 Å². The molecule has 2 aliphatic rings. The van der Waals surface area contributed by atoms with Gasteiger partial charge in [-0.1, -0.05) is 17.4 Å². The molecule has 6 nitrogen and oxygen atoms in total. The number of alkyl halides is 2. The molecule has 188 valence electrons. The van der Waals surface area contributed by atoms with Gasteiger partial charge in [0.05, 0.1) is 10.6 Å². The Labute approximate surface area is 202 Å². The molecule has 1 aromatic heterocycles. The molecule has 2 heterocycles. The van der Waals surface area contributed by atoms with Crippen molar-refractivity contribution in [2.45, 2.75) is 68.9 Å². The molecule has 0 unspecified atom stereocenters. The Hall–Kier alpha value is -1.69. The average Bonchev–Trinajstić information content (AvgIpc) is 3.19. The maximum Gasteiger partial charge on any atom is 0.278 e. The Morgan fingerprint density at radius 3 is 2.74 bits per heavy atom. The molecule has 34 heavy (non-hydrogen) atoms. The first-order chi connectivity index (χ1) is 16.1. The second-order valence-corrected chi connectivity index (χ2v) is 12.1. The monoisotopic (exact) mass is 517 g/mol. The van der Waals surface area contributed by atoms with Crippen LogP contribution in [0.2, 0.25) is 0 Å². The van der Waals surface area contributed by atoms with Gasteiger partial charge in [0.25, 0.3) is 11.1 Å². The molecule has 0 radical (unpaired) electrons. The fourth-order valence-corrected chi connectivity index (χ4v) is 6.77. The minimum atomic E-state index is -3.72. The van der Waals surface area contributed by atoms with E-state index in [1.807, 2.05) is 0 Å². The van der Waals surface area contributed by atoms with Gasteiger partial charge in [0.1, 0.15) is 5.82 Å². The second-order valence-electron chi connectivity index (χ2n) is 9.32. The number of rotatable bonds is 9. The van der Waals surface area contributed by atoms with E-state index in [0.29, 0.717) is 17.7 Å². The van der Waals surface area contributed by atoms with Crippen molar-refractivity contribution in [1.82, 2.24) is 14.6 Å². The smallest absolute Gasteiger partial charge is 0.278 e. The van der Waals surface area contributed by atoms with Crippen molar-refractivity contribution in [2.75, 3.05) is 19.7 Å². The summed E-state index contributed by atoms with van der Waals surface area (Å²) in [5.74, 6) is -2.92. The number of nitrogens with zero attached hydrogens (tertiary/aromatic N) is 2. The number of benzene rings is 1. The van der Waals surface area contributed by atoms with Crippen molar-refractivity contribution >= 4 is 21.4 Å². The van der Waals surface area contributed by atoms with E-state index >= 15 is 0 Å². The fraction of sp³-hybridized carbons (Fsp3) is 0.609. The molecule has 1 saturated carbocycles. The van der Waals surface area contributed by atoms with Crippen molar-refractivity contribution < 1.29 is 26.3 Å². The molecule has 0 spiro atoms. The lowest BCUT2D eigenvalue weighted by Gasteiger charge is -2.31. The molecule has 1 fully saturated rings. The summed E-state index contributed by atoms with van der Waals surface area (Å²) in [5, 5.41) is 0.312. The number of hydrogen-bond acceptors (Lipinski definition) is 6. The predicted molar refractivity (Wildman–Crippen MR) is 124 cm³/mol. The minimum Gasteiger partial charge on any atom is -0.464 e. The Bertz CT molecular complexity index is 1080. The topological polar surface area (TPSA) is 71.5 Å². The summed E-state index contributed by atoms with van der Waals surface area (Å²) in [6.07, 6.45) is 5.27. The Morgan fingerprint density at radius 2 is 2.03 bits per heavy atom. The van der Waals surface area contributed by atoms with Crippen LogP contribution in [0.1, 0.15) is 49.6 Å². The lowest BCUT2D eigenvalue weighted by Crippen LogP contribution is -2.38. The molecule has 2 aromatic rings. The van der Waals surface area contributed by atoms with Crippen molar-refractivity contribution in [1.29, 1.82) is 0 Å². The Morgan fingerprint density at radius 1 is 1.26 bits per heavy atom. The van der Waals surface area contributed by atoms with Crippen LogP contribution >= 0.6 is 11.3 Å². The first-order valence-electron chi connectivity index (χ1n) is 11.6. The Kier molecular flexibility index (Phi) is 7.85. The highest BCUT2D eigenvalue weighted by molar-refractivity contribution is 7.89. The van der Waals surface area contributed by atoms with Gasteiger partial charge in [0.15, 0.2) is 6.61 Å². The highest BCUT2D eigenvalue weighted by atomic mass is 32.2. The van der Waals surface area contributed by atoms with Gasteiger partial charge in [-0.2, -0.15) is 0 Å². The van der Waals surface area contributed by atoms with E-state index in [9.17, 15) is 21.6 Å². The third-order valence-corrected chi connectivity index (χ3v) is 8.95. The van der Waals surface area contributed by atoms with Crippen molar-refractivity contribution in [2.24, 2.45) is 5.92 Å². The molecule has 0 atom stereocenters. The average molecular weight is 518 g/mol. The van der Waals surface area contributed by atoms with Crippen LogP contribution in [-0.2, 0) is 23.0 Å². The van der Waals surface area contributed by atoms with E-state index < -0.39 is 28.4 Å². The number of thiazole rings is 1. The van der Waals surface area contributed by atoms with E-state index in [-0.39, 0.29) is 10.9 Å². The van der Waals surface area contributed by atoms with E-state index in [0.717, 1.165) is 75.2 Å². The quantitative estimate of drug-likeness (QED) is 0.526. The lowest BCUT2D eigenvalue weighted by atomic mass is 9.84. The van der Waals surface area contributed by atoms with Gasteiger partial charge in [-0.05, 0) is 69.2 Å². The summed E-state index contributed by atoms with van der Waals surface area (Å²) in [7, 11) is -3.72. The number of hydrogen-bond donors (Lipinski definition) is 1. The third kappa shape index (κ3) is 6.93. The van der Waals surface area contributed by atoms with Crippen molar-refractivity contribution in [3.05, 3.63) is 40.7 Å². The lowest BCUT2D eigenvalue weighted by molar-refractivity contribution is -0.0230.